The smallest absolute Gasteiger partial charge is 0.188 e. The topological polar surface area (TPSA) is 59.0 Å². The predicted octanol–water partition coefficient (Wildman–Crippen LogP) is 4.08. The molecule has 0 N–H and O–H groups in total. The van der Waals surface area contributed by atoms with Crippen molar-refractivity contribution >= 4 is 37.8 Å². The van der Waals surface area contributed by atoms with Crippen molar-refractivity contribution in [3.05, 3.63) is 72.3 Å². The third-order valence-corrected chi connectivity index (χ3v) is 6.58. The minimum atomic E-state index is -3.62. The first-order valence-electron chi connectivity index (χ1n) is 8.63. The molecule has 1 aliphatic rings. The number of nitrogens with zero attached hydrogens (tertiary/aromatic N) is 2. The maximum absolute atomic E-state index is 13.1. The molecule has 1 aliphatic heterocycles. The zero-order valence-electron chi connectivity index (χ0n) is 15.2. The molecule has 0 aromatic heterocycles. The van der Waals surface area contributed by atoms with E-state index >= 15 is 0 Å². The molecule has 0 amide bonds. The van der Waals surface area contributed by atoms with Gasteiger partial charge in [-0.2, -0.15) is 0 Å². The van der Waals surface area contributed by atoms with Gasteiger partial charge in [0.2, 0.25) is 0 Å². The Morgan fingerprint density at radius 1 is 1.00 bits per heavy atom. The van der Waals surface area contributed by atoms with Crippen LogP contribution in [0.2, 0.25) is 0 Å². The predicted molar refractivity (Wildman–Crippen MR) is 109 cm³/mol. The van der Waals surface area contributed by atoms with Gasteiger partial charge in [0.15, 0.2) is 15.3 Å². The van der Waals surface area contributed by atoms with Crippen LogP contribution in [0.25, 0.3) is 10.8 Å². The molecular weight excluding hydrogens is 360 g/mol. The van der Waals surface area contributed by atoms with Gasteiger partial charge in [0.05, 0.1) is 11.4 Å². The van der Waals surface area contributed by atoms with E-state index in [-0.39, 0.29) is 5.75 Å². The van der Waals surface area contributed by atoms with Crippen molar-refractivity contribution in [3.8, 4) is 0 Å². The van der Waals surface area contributed by atoms with Crippen molar-refractivity contribution in [1.82, 2.24) is 0 Å². The van der Waals surface area contributed by atoms with Gasteiger partial charge in [0, 0.05) is 19.5 Å². The van der Waals surface area contributed by atoms with Gasteiger partial charge >= 0.3 is 0 Å². The summed E-state index contributed by atoms with van der Waals surface area (Å²) in [5.41, 5.74) is 1.33. The van der Waals surface area contributed by atoms with Crippen molar-refractivity contribution in [2.24, 2.45) is 4.99 Å². The van der Waals surface area contributed by atoms with Crippen LogP contribution in [-0.4, -0.2) is 34.2 Å². The van der Waals surface area contributed by atoms with Gasteiger partial charge in [-0.15, -0.1) is 0 Å². The minimum Gasteiger partial charge on any atom is -0.361 e. The molecule has 3 aromatic carbocycles. The lowest BCUT2D eigenvalue weighted by molar-refractivity contribution is 0.166. The summed E-state index contributed by atoms with van der Waals surface area (Å²) in [4.78, 5) is 6.50. The van der Waals surface area contributed by atoms with Crippen LogP contribution in [0, 0.1) is 0 Å². The Labute approximate surface area is 158 Å². The summed E-state index contributed by atoms with van der Waals surface area (Å²) in [6, 6.07) is 20.8. The number of ether oxygens (including phenoxy) is 1. The fraction of sp³-hybridized carbons (Fsp3) is 0.190. The monoisotopic (exact) mass is 380 g/mol. The molecule has 0 saturated carbocycles. The normalized spacial score (nSPS) is 14.9. The van der Waals surface area contributed by atoms with Crippen molar-refractivity contribution in [1.29, 1.82) is 0 Å². The summed E-state index contributed by atoms with van der Waals surface area (Å²) in [7, 11) is -0.359. The van der Waals surface area contributed by atoms with Gasteiger partial charge in [0.1, 0.15) is 11.6 Å². The molecule has 0 spiro atoms. The van der Waals surface area contributed by atoms with Crippen molar-refractivity contribution < 1.29 is 13.2 Å². The molecule has 6 heteroatoms. The largest absolute Gasteiger partial charge is 0.361 e. The lowest BCUT2D eigenvalue weighted by Gasteiger charge is -2.28. The van der Waals surface area contributed by atoms with Crippen molar-refractivity contribution in [2.75, 3.05) is 24.8 Å². The van der Waals surface area contributed by atoms with E-state index < -0.39 is 15.3 Å². The summed E-state index contributed by atoms with van der Waals surface area (Å²) in [5.74, 6) is 0.279. The molecule has 1 atom stereocenters. The van der Waals surface area contributed by atoms with Crippen molar-refractivity contribution in [3.63, 3.8) is 0 Å². The number of anilines is 1. The van der Waals surface area contributed by atoms with Crippen LogP contribution >= 0.6 is 0 Å². The molecule has 27 heavy (non-hydrogen) atoms. The molecule has 0 bridgehead atoms. The Bertz CT molecular complexity index is 1120. The van der Waals surface area contributed by atoms with Gasteiger partial charge < -0.3 is 9.64 Å². The molecule has 3 aromatic rings. The maximum Gasteiger partial charge on any atom is 0.188 e. The second kappa shape index (κ2) is 6.79. The highest BCUT2D eigenvalue weighted by molar-refractivity contribution is 7.92. The zero-order valence-corrected chi connectivity index (χ0v) is 16.0. The Balaban J connectivity index is 1.74. The van der Waals surface area contributed by atoms with Crippen molar-refractivity contribution in [2.45, 2.75) is 5.44 Å². The average Bonchev–Trinajstić information content (AvgIpc) is 2.67. The molecule has 0 fully saturated rings. The highest BCUT2D eigenvalue weighted by atomic mass is 32.2. The highest BCUT2D eigenvalue weighted by Gasteiger charge is 2.31. The standard InChI is InChI=1S/C21H20N2O3S/c1-23-18-13-7-11-15-10-6-12-17(20(15)18)22-19(23)14-27(24,25)21(26-2)16-8-4-3-5-9-16/h3-13,21H,14H2,1-2H3. The van der Waals surface area contributed by atoms with Crippen LogP contribution in [0.3, 0.4) is 0 Å². The minimum absolute atomic E-state index is 0.207. The Morgan fingerprint density at radius 2 is 1.70 bits per heavy atom. The van der Waals surface area contributed by atoms with Gasteiger partial charge in [-0.25, -0.2) is 13.4 Å². The van der Waals surface area contributed by atoms with Gasteiger partial charge in [-0.05, 0) is 23.1 Å². The SMILES string of the molecule is COC(c1ccccc1)S(=O)(=O)CC1=Nc2cccc3cccc(c23)N1C. The molecule has 5 nitrogen and oxygen atoms in total. The van der Waals surface area contributed by atoms with Crippen LogP contribution in [-0.2, 0) is 14.6 Å². The molecule has 138 valence electrons. The molecule has 0 aliphatic carbocycles. The molecule has 0 saturated heterocycles. The Morgan fingerprint density at radius 3 is 2.41 bits per heavy atom. The van der Waals surface area contributed by atoms with E-state index in [0.717, 1.165) is 22.1 Å². The molecular formula is C21H20N2O3S. The molecule has 1 unspecified atom stereocenters. The van der Waals surface area contributed by atoms with Crippen LogP contribution < -0.4 is 4.90 Å². The fourth-order valence-electron chi connectivity index (χ4n) is 3.51. The lowest BCUT2D eigenvalue weighted by Crippen LogP contribution is -2.36. The third-order valence-electron chi connectivity index (χ3n) is 4.80. The summed E-state index contributed by atoms with van der Waals surface area (Å²) < 4.78 is 31.5. The van der Waals surface area contributed by atoms with Gasteiger partial charge in [0.25, 0.3) is 0 Å². The van der Waals surface area contributed by atoms with Crippen LogP contribution in [0.15, 0.2) is 71.7 Å². The van der Waals surface area contributed by atoms with Crippen LogP contribution in [0.4, 0.5) is 11.4 Å². The quantitative estimate of drug-likeness (QED) is 0.669. The first-order chi connectivity index (χ1) is 13.0. The maximum atomic E-state index is 13.1. The number of aliphatic imine (C=N–C) groups is 1. The third kappa shape index (κ3) is 3.11. The summed E-state index contributed by atoms with van der Waals surface area (Å²) >= 11 is 0. The number of hydrogen-bond donors (Lipinski definition) is 0. The van der Waals surface area contributed by atoms with Gasteiger partial charge in [-0.3, -0.25) is 0 Å². The average molecular weight is 380 g/mol. The molecule has 0 radical (unpaired) electrons. The first kappa shape index (κ1) is 17.7. The number of hydrogen-bond acceptors (Lipinski definition) is 5. The van der Waals surface area contributed by atoms with Crippen LogP contribution in [0.1, 0.15) is 11.0 Å². The summed E-state index contributed by atoms with van der Waals surface area (Å²) in [5, 5.41) is 2.12. The van der Waals surface area contributed by atoms with E-state index in [1.165, 1.54) is 7.11 Å². The Hall–Kier alpha value is -2.70. The second-order valence-corrected chi connectivity index (χ2v) is 8.57. The van der Waals surface area contributed by atoms with E-state index in [0.29, 0.717) is 11.4 Å². The van der Waals surface area contributed by atoms with Crippen LogP contribution in [0.5, 0.6) is 0 Å². The van der Waals surface area contributed by atoms with E-state index in [4.69, 9.17) is 4.74 Å². The van der Waals surface area contributed by atoms with E-state index in [1.807, 2.05) is 54.4 Å². The van der Waals surface area contributed by atoms with E-state index in [2.05, 4.69) is 4.99 Å². The number of amidine groups is 1. The summed E-state index contributed by atoms with van der Waals surface area (Å²) in [6.07, 6.45) is 0. The zero-order chi connectivity index (χ0) is 19.0. The van der Waals surface area contributed by atoms with E-state index in [9.17, 15) is 8.42 Å². The lowest BCUT2D eigenvalue weighted by atomic mass is 10.0. The highest BCUT2D eigenvalue weighted by Crippen LogP contribution is 2.38. The molecule has 1 heterocycles. The number of methoxy groups -OCH3 is 1. The summed E-state index contributed by atoms with van der Waals surface area (Å²) in [6.45, 7) is 0. The second-order valence-electron chi connectivity index (χ2n) is 6.52. The van der Waals surface area contributed by atoms with E-state index in [1.54, 1.807) is 24.3 Å². The van der Waals surface area contributed by atoms with Gasteiger partial charge in [-0.1, -0.05) is 54.6 Å². The fourth-order valence-corrected chi connectivity index (χ4v) is 5.15. The number of benzene rings is 3. The number of rotatable bonds is 5. The number of sulfone groups is 1. The first-order valence-corrected chi connectivity index (χ1v) is 10.3. The molecule has 4 rings (SSSR count). The Kier molecular flexibility index (Phi) is 4.45.